The molecule has 0 saturated heterocycles. The van der Waals surface area contributed by atoms with Crippen LogP contribution in [0.5, 0.6) is 0 Å². The zero-order valence-corrected chi connectivity index (χ0v) is 10.3. The Bertz CT molecular complexity index is 525. The van der Waals surface area contributed by atoms with E-state index in [1.54, 1.807) is 31.2 Å². The molecule has 86 valence electrons. The van der Waals surface area contributed by atoms with Gasteiger partial charge in [-0.05, 0) is 13.0 Å². The average Bonchev–Trinajstić information content (AvgIpc) is 2.46. The van der Waals surface area contributed by atoms with E-state index < -0.39 is 10.0 Å². The fraction of sp³-hybridized carbons (Fsp3) is 0.300. The van der Waals surface area contributed by atoms with E-state index in [0.29, 0.717) is 17.2 Å². The van der Waals surface area contributed by atoms with Crippen LogP contribution in [0.4, 0.5) is 0 Å². The summed E-state index contributed by atoms with van der Waals surface area (Å²) in [5.74, 6) is 0. The molecule has 0 fully saturated rings. The molecule has 1 aliphatic heterocycles. The van der Waals surface area contributed by atoms with Crippen LogP contribution in [0.25, 0.3) is 0 Å². The molecular weight excluding hydrogens is 246 g/mol. The third-order valence-corrected chi connectivity index (χ3v) is 4.66. The summed E-state index contributed by atoms with van der Waals surface area (Å²) < 4.78 is 30.4. The fourth-order valence-corrected chi connectivity index (χ4v) is 3.58. The first-order chi connectivity index (χ1) is 7.59. The van der Waals surface area contributed by atoms with E-state index in [1.807, 2.05) is 0 Å². The van der Waals surface area contributed by atoms with Crippen molar-refractivity contribution in [1.82, 2.24) is 4.31 Å². The van der Waals surface area contributed by atoms with Crippen LogP contribution < -0.4 is 0 Å². The summed E-state index contributed by atoms with van der Waals surface area (Å²) in [4.78, 5) is 0.573. The summed E-state index contributed by atoms with van der Waals surface area (Å²) in [5.41, 5.74) is 0.581. The van der Waals surface area contributed by atoms with E-state index in [1.165, 1.54) is 0 Å². The van der Waals surface area contributed by atoms with Crippen LogP contribution in [0.1, 0.15) is 12.5 Å². The summed E-state index contributed by atoms with van der Waals surface area (Å²) in [5, 5.41) is 0. The number of nitrogens with zero attached hydrogens (tertiary/aromatic N) is 1. The Morgan fingerprint density at radius 2 is 2.06 bits per heavy atom. The molecular formula is C10H11NO3S2. The number of hydrogen-bond donors (Lipinski definition) is 0. The van der Waals surface area contributed by atoms with Crippen molar-refractivity contribution in [3.05, 3.63) is 29.8 Å². The van der Waals surface area contributed by atoms with E-state index in [2.05, 4.69) is 0 Å². The second kappa shape index (κ2) is 4.12. The van der Waals surface area contributed by atoms with Gasteiger partial charge in [-0.1, -0.05) is 30.4 Å². The Hall–Kier alpha value is -0.980. The lowest BCUT2D eigenvalue weighted by Gasteiger charge is -2.16. The molecule has 0 N–H and O–H groups in total. The highest BCUT2D eigenvalue weighted by atomic mass is 32.2. The van der Waals surface area contributed by atoms with E-state index >= 15 is 0 Å². The van der Waals surface area contributed by atoms with Crippen molar-refractivity contribution in [2.75, 3.05) is 13.3 Å². The maximum atomic E-state index is 12.1. The van der Waals surface area contributed by atoms with E-state index in [0.717, 1.165) is 4.31 Å². The van der Waals surface area contributed by atoms with Crippen molar-refractivity contribution in [2.24, 2.45) is 0 Å². The van der Waals surface area contributed by atoms with Crippen LogP contribution in [0.2, 0.25) is 0 Å². The minimum absolute atomic E-state index is 0.0215. The largest absolute Gasteiger partial charge is 0.360 e. The molecule has 0 aromatic heterocycles. The number of thiocarbonyl (C=S) groups is 1. The van der Waals surface area contributed by atoms with Crippen LogP contribution in [0.15, 0.2) is 29.2 Å². The first-order valence-electron chi connectivity index (χ1n) is 4.83. The van der Waals surface area contributed by atoms with Gasteiger partial charge in [-0.15, -0.1) is 0 Å². The summed E-state index contributed by atoms with van der Waals surface area (Å²) in [7, 11) is -3.50. The molecule has 0 bridgehead atoms. The highest BCUT2D eigenvalue weighted by Crippen LogP contribution is 2.30. The van der Waals surface area contributed by atoms with Crippen molar-refractivity contribution in [1.29, 1.82) is 0 Å². The molecule has 0 radical (unpaired) electrons. The molecule has 0 aliphatic carbocycles. The normalized spacial score (nSPS) is 17.6. The third-order valence-electron chi connectivity index (χ3n) is 2.32. The molecule has 4 nitrogen and oxygen atoms in total. The minimum Gasteiger partial charge on any atom is -0.360 e. The van der Waals surface area contributed by atoms with Gasteiger partial charge in [0, 0.05) is 12.2 Å². The van der Waals surface area contributed by atoms with Crippen molar-refractivity contribution in [3.63, 3.8) is 0 Å². The molecule has 1 aromatic rings. The van der Waals surface area contributed by atoms with Crippen LogP contribution in [0, 0.1) is 0 Å². The Balaban J connectivity index is 2.46. The lowest BCUT2D eigenvalue weighted by Crippen LogP contribution is -2.31. The number of rotatable bonds is 3. The molecule has 2 rings (SSSR count). The number of fused-ring (bicyclic) bond motifs is 1. The SMILES string of the molecule is CCOCN1C(=S)c2ccccc2S1(=O)=O. The number of sulfonamides is 1. The second-order valence-electron chi connectivity index (χ2n) is 3.28. The van der Waals surface area contributed by atoms with Gasteiger partial charge in [-0.25, -0.2) is 12.7 Å². The van der Waals surface area contributed by atoms with E-state index in [-0.39, 0.29) is 11.6 Å². The summed E-state index contributed by atoms with van der Waals surface area (Å²) in [6, 6.07) is 6.72. The number of ether oxygens (including phenoxy) is 1. The summed E-state index contributed by atoms with van der Waals surface area (Å²) in [6.45, 7) is 2.23. The van der Waals surface area contributed by atoms with Crippen molar-refractivity contribution in [3.8, 4) is 0 Å². The van der Waals surface area contributed by atoms with Crippen LogP contribution in [-0.2, 0) is 14.8 Å². The quantitative estimate of drug-likeness (QED) is 0.767. The predicted molar refractivity (Wildman–Crippen MR) is 63.7 cm³/mol. The lowest BCUT2D eigenvalue weighted by atomic mass is 10.2. The molecule has 0 atom stereocenters. The lowest BCUT2D eigenvalue weighted by molar-refractivity contribution is 0.109. The zero-order chi connectivity index (χ0) is 11.8. The number of hydrogen-bond acceptors (Lipinski definition) is 4. The molecule has 1 heterocycles. The molecule has 0 saturated carbocycles. The maximum absolute atomic E-state index is 12.1. The molecule has 0 amide bonds. The molecule has 0 unspecified atom stereocenters. The van der Waals surface area contributed by atoms with Crippen LogP contribution in [0.3, 0.4) is 0 Å². The minimum atomic E-state index is -3.50. The van der Waals surface area contributed by atoms with Crippen molar-refractivity contribution < 1.29 is 13.2 Å². The predicted octanol–water partition coefficient (Wildman–Crippen LogP) is 1.36. The van der Waals surface area contributed by atoms with Gasteiger partial charge in [-0.2, -0.15) is 0 Å². The van der Waals surface area contributed by atoms with Gasteiger partial charge in [0.1, 0.15) is 11.7 Å². The van der Waals surface area contributed by atoms with Gasteiger partial charge in [0.25, 0.3) is 10.0 Å². The van der Waals surface area contributed by atoms with Crippen molar-refractivity contribution >= 4 is 27.2 Å². The third kappa shape index (κ3) is 1.63. The van der Waals surface area contributed by atoms with E-state index in [4.69, 9.17) is 17.0 Å². The van der Waals surface area contributed by atoms with Gasteiger partial charge in [0.15, 0.2) is 0 Å². The highest BCUT2D eigenvalue weighted by molar-refractivity contribution is 7.92. The van der Waals surface area contributed by atoms with Gasteiger partial charge in [0.05, 0.1) is 4.90 Å². The van der Waals surface area contributed by atoms with E-state index in [9.17, 15) is 8.42 Å². The highest BCUT2D eigenvalue weighted by Gasteiger charge is 2.37. The summed E-state index contributed by atoms with van der Waals surface area (Å²) >= 11 is 5.12. The van der Waals surface area contributed by atoms with Gasteiger partial charge >= 0.3 is 0 Å². The molecule has 0 spiro atoms. The second-order valence-corrected chi connectivity index (χ2v) is 5.49. The topological polar surface area (TPSA) is 46.6 Å². The molecule has 6 heteroatoms. The van der Waals surface area contributed by atoms with Crippen LogP contribution in [-0.4, -0.2) is 31.0 Å². The first-order valence-corrected chi connectivity index (χ1v) is 6.67. The molecule has 1 aliphatic rings. The fourth-order valence-electron chi connectivity index (χ4n) is 1.53. The zero-order valence-electron chi connectivity index (χ0n) is 8.71. The Labute approximate surface area is 99.9 Å². The molecule has 16 heavy (non-hydrogen) atoms. The first kappa shape index (κ1) is 11.5. The maximum Gasteiger partial charge on any atom is 0.267 e. The number of benzene rings is 1. The summed E-state index contributed by atoms with van der Waals surface area (Å²) in [6.07, 6.45) is 0. The molecule has 1 aromatic carbocycles. The Morgan fingerprint density at radius 3 is 2.69 bits per heavy atom. The van der Waals surface area contributed by atoms with Gasteiger partial charge in [-0.3, -0.25) is 0 Å². The van der Waals surface area contributed by atoms with Crippen LogP contribution >= 0.6 is 12.2 Å². The average molecular weight is 257 g/mol. The monoisotopic (exact) mass is 257 g/mol. The van der Waals surface area contributed by atoms with Gasteiger partial charge in [0.2, 0.25) is 0 Å². The van der Waals surface area contributed by atoms with Crippen molar-refractivity contribution in [2.45, 2.75) is 11.8 Å². The Morgan fingerprint density at radius 1 is 1.38 bits per heavy atom. The van der Waals surface area contributed by atoms with Gasteiger partial charge < -0.3 is 4.74 Å². The Kier molecular flexibility index (Phi) is 2.96. The smallest absolute Gasteiger partial charge is 0.267 e. The standard InChI is InChI=1S/C10H11NO3S2/c1-2-14-7-11-10(15)8-5-3-4-6-9(8)16(11,12)13/h3-6H,2,7H2,1H3.